The van der Waals surface area contributed by atoms with Gasteiger partial charge in [-0.25, -0.2) is 9.18 Å². The molecule has 0 spiro atoms. The van der Waals surface area contributed by atoms with E-state index in [9.17, 15) is 19.1 Å². The number of phenols is 1. The van der Waals surface area contributed by atoms with Crippen molar-refractivity contribution in [3.8, 4) is 17.2 Å². The lowest BCUT2D eigenvalue weighted by Crippen LogP contribution is -2.09. The molecule has 0 saturated carbocycles. The molecule has 0 amide bonds. The number of carbonyl (C=O) groups is 2. The standard InChI is InChI=1S/C22H25FO6/c1-13(2)20(24)16-7-9-19(14(3)21(16)25)29-11-5-4-10-28-15-6-8-18(23)17(12-15)22(26)27/h6-9,12-13,25H,4-5,10-11H2,1-3H3,(H,26,27). The Morgan fingerprint density at radius 2 is 1.69 bits per heavy atom. The van der Waals surface area contributed by atoms with Gasteiger partial charge < -0.3 is 19.7 Å². The SMILES string of the molecule is Cc1c(OCCCCOc2ccc(F)c(C(=O)O)c2)ccc(C(=O)C(C)C)c1O. The van der Waals surface area contributed by atoms with Crippen LogP contribution in [-0.4, -0.2) is 35.2 Å². The van der Waals surface area contributed by atoms with Gasteiger partial charge in [0.05, 0.1) is 24.3 Å². The zero-order chi connectivity index (χ0) is 21.6. The van der Waals surface area contributed by atoms with E-state index in [0.717, 1.165) is 12.1 Å². The number of ketones is 1. The molecule has 0 atom stereocenters. The van der Waals surface area contributed by atoms with Gasteiger partial charge >= 0.3 is 5.97 Å². The molecule has 2 aromatic rings. The van der Waals surface area contributed by atoms with Gasteiger partial charge in [0.25, 0.3) is 0 Å². The highest BCUT2D eigenvalue weighted by Crippen LogP contribution is 2.32. The summed E-state index contributed by atoms with van der Waals surface area (Å²) in [7, 11) is 0. The van der Waals surface area contributed by atoms with E-state index in [4.69, 9.17) is 14.6 Å². The number of aromatic carboxylic acids is 1. The molecule has 6 nitrogen and oxygen atoms in total. The summed E-state index contributed by atoms with van der Waals surface area (Å²) < 4.78 is 24.5. The molecule has 0 unspecified atom stereocenters. The summed E-state index contributed by atoms with van der Waals surface area (Å²) in [6.07, 6.45) is 1.29. The molecule has 7 heteroatoms. The highest BCUT2D eigenvalue weighted by molar-refractivity contribution is 6.00. The molecule has 0 heterocycles. The smallest absolute Gasteiger partial charge is 0.338 e. The van der Waals surface area contributed by atoms with Crippen LogP contribution in [0.5, 0.6) is 17.2 Å². The Hall–Kier alpha value is -3.09. The van der Waals surface area contributed by atoms with Crippen LogP contribution in [0, 0.1) is 18.7 Å². The fourth-order valence-corrected chi connectivity index (χ4v) is 2.68. The van der Waals surface area contributed by atoms with Crippen LogP contribution in [0.1, 0.15) is 53.0 Å². The number of rotatable bonds is 10. The van der Waals surface area contributed by atoms with Crippen LogP contribution >= 0.6 is 0 Å². The molecule has 0 radical (unpaired) electrons. The van der Waals surface area contributed by atoms with E-state index in [0.29, 0.717) is 42.9 Å². The van der Waals surface area contributed by atoms with Crippen molar-refractivity contribution >= 4 is 11.8 Å². The van der Waals surface area contributed by atoms with Gasteiger partial charge in [0, 0.05) is 11.5 Å². The van der Waals surface area contributed by atoms with E-state index in [2.05, 4.69) is 0 Å². The summed E-state index contributed by atoms with van der Waals surface area (Å²) in [6, 6.07) is 6.83. The highest BCUT2D eigenvalue weighted by Gasteiger charge is 2.18. The van der Waals surface area contributed by atoms with Crippen LogP contribution in [0.15, 0.2) is 30.3 Å². The molecule has 0 aliphatic carbocycles. The predicted octanol–water partition coefficient (Wildman–Crippen LogP) is 4.61. The van der Waals surface area contributed by atoms with Gasteiger partial charge in [-0.1, -0.05) is 13.8 Å². The Bertz CT molecular complexity index is 891. The molecule has 0 aliphatic heterocycles. The van der Waals surface area contributed by atoms with Crippen molar-refractivity contribution in [1.82, 2.24) is 0 Å². The molecule has 2 rings (SSSR count). The van der Waals surface area contributed by atoms with Crippen molar-refractivity contribution in [2.45, 2.75) is 33.6 Å². The monoisotopic (exact) mass is 404 g/mol. The van der Waals surface area contributed by atoms with E-state index < -0.39 is 17.3 Å². The first-order chi connectivity index (χ1) is 13.7. The first kappa shape index (κ1) is 22.2. The van der Waals surface area contributed by atoms with Crippen molar-refractivity contribution in [2.75, 3.05) is 13.2 Å². The molecule has 29 heavy (non-hydrogen) atoms. The predicted molar refractivity (Wildman–Crippen MR) is 106 cm³/mol. The Balaban J connectivity index is 1.81. The zero-order valence-corrected chi connectivity index (χ0v) is 16.7. The number of Topliss-reactive ketones (excluding diaryl/α,β-unsaturated/α-hetero) is 1. The second-order valence-electron chi connectivity index (χ2n) is 6.95. The van der Waals surface area contributed by atoms with E-state index in [-0.39, 0.29) is 23.2 Å². The quantitative estimate of drug-likeness (QED) is 0.444. The van der Waals surface area contributed by atoms with Crippen LogP contribution < -0.4 is 9.47 Å². The van der Waals surface area contributed by atoms with Crippen molar-refractivity contribution in [2.24, 2.45) is 5.92 Å². The van der Waals surface area contributed by atoms with Crippen LogP contribution in [0.25, 0.3) is 0 Å². The maximum Gasteiger partial charge on any atom is 0.338 e. The number of carboxylic acids is 1. The maximum atomic E-state index is 13.4. The number of hydrogen-bond donors (Lipinski definition) is 2. The number of benzene rings is 2. The van der Waals surface area contributed by atoms with Crippen molar-refractivity contribution in [3.05, 3.63) is 52.8 Å². The van der Waals surface area contributed by atoms with Crippen LogP contribution in [0.4, 0.5) is 4.39 Å². The Morgan fingerprint density at radius 1 is 1.03 bits per heavy atom. The van der Waals surface area contributed by atoms with Gasteiger partial charge in [-0.2, -0.15) is 0 Å². The highest BCUT2D eigenvalue weighted by atomic mass is 19.1. The van der Waals surface area contributed by atoms with Gasteiger partial charge in [0.2, 0.25) is 0 Å². The van der Waals surface area contributed by atoms with E-state index in [1.54, 1.807) is 32.9 Å². The van der Waals surface area contributed by atoms with E-state index in [1.807, 2.05) is 0 Å². The first-order valence-electron chi connectivity index (χ1n) is 9.37. The number of hydrogen-bond acceptors (Lipinski definition) is 5. The van der Waals surface area contributed by atoms with Crippen LogP contribution in [0.2, 0.25) is 0 Å². The lowest BCUT2D eigenvalue weighted by Gasteiger charge is -2.14. The summed E-state index contributed by atoms with van der Waals surface area (Å²) in [5.74, 6) is -1.75. The summed E-state index contributed by atoms with van der Waals surface area (Å²) in [4.78, 5) is 23.0. The lowest BCUT2D eigenvalue weighted by molar-refractivity contribution is 0.0691. The van der Waals surface area contributed by atoms with E-state index >= 15 is 0 Å². The maximum absolute atomic E-state index is 13.4. The number of halogens is 1. The van der Waals surface area contributed by atoms with Crippen molar-refractivity contribution in [3.63, 3.8) is 0 Å². The second-order valence-corrected chi connectivity index (χ2v) is 6.95. The number of unbranched alkanes of at least 4 members (excludes halogenated alkanes) is 1. The molecule has 2 aromatic carbocycles. The third kappa shape index (κ3) is 5.70. The van der Waals surface area contributed by atoms with Crippen LogP contribution in [-0.2, 0) is 0 Å². The molecule has 0 saturated heterocycles. The first-order valence-corrected chi connectivity index (χ1v) is 9.37. The largest absolute Gasteiger partial charge is 0.507 e. The molecule has 0 bridgehead atoms. The third-order valence-electron chi connectivity index (χ3n) is 4.40. The van der Waals surface area contributed by atoms with Gasteiger partial charge in [-0.15, -0.1) is 0 Å². The zero-order valence-electron chi connectivity index (χ0n) is 16.7. The Labute approximate surface area is 168 Å². The Morgan fingerprint density at radius 3 is 2.31 bits per heavy atom. The molecular weight excluding hydrogens is 379 g/mol. The fourth-order valence-electron chi connectivity index (χ4n) is 2.68. The fraction of sp³-hybridized carbons (Fsp3) is 0.364. The van der Waals surface area contributed by atoms with Gasteiger partial charge in [0.15, 0.2) is 5.78 Å². The van der Waals surface area contributed by atoms with Gasteiger partial charge in [-0.05, 0) is 50.1 Å². The minimum Gasteiger partial charge on any atom is -0.507 e. The average Bonchev–Trinajstić information content (AvgIpc) is 2.68. The van der Waals surface area contributed by atoms with Crippen LogP contribution in [0.3, 0.4) is 0 Å². The molecule has 0 fully saturated rings. The third-order valence-corrected chi connectivity index (χ3v) is 4.40. The molecular formula is C22H25FO6. The average molecular weight is 404 g/mol. The minimum absolute atomic E-state index is 0.0601. The topological polar surface area (TPSA) is 93.1 Å². The van der Waals surface area contributed by atoms with E-state index in [1.165, 1.54) is 6.07 Å². The van der Waals surface area contributed by atoms with Gasteiger partial charge in [-0.3, -0.25) is 4.79 Å². The summed E-state index contributed by atoms with van der Waals surface area (Å²) >= 11 is 0. The minimum atomic E-state index is -1.35. The molecule has 0 aromatic heterocycles. The number of carbonyl (C=O) groups excluding carboxylic acids is 1. The molecule has 2 N–H and O–H groups in total. The number of aromatic hydroxyl groups is 1. The normalized spacial score (nSPS) is 10.8. The number of ether oxygens (including phenoxy) is 2. The number of carboxylic acid groups (broad SMARTS) is 1. The summed E-state index contributed by atoms with van der Waals surface area (Å²) in [5, 5.41) is 19.2. The Kier molecular flexibility index (Phi) is 7.59. The number of phenolic OH excluding ortho intramolecular Hbond substituents is 1. The second kappa shape index (κ2) is 9.91. The van der Waals surface area contributed by atoms with Crippen molar-refractivity contribution in [1.29, 1.82) is 0 Å². The van der Waals surface area contributed by atoms with Crippen molar-refractivity contribution < 1.29 is 33.7 Å². The summed E-state index contributed by atoms with van der Waals surface area (Å²) in [5.41, 5.74) is 0.374. The lowest BCUT2D eigenvalue weighted by atomic mass is 9.98. The molecule has 0 aliphatic rings. The molecule has 156 valence electrons. The van der Waals surface area contributed by atoms with Gasteiger partial charge in [0.1, 0.15) is 23.1 Å². The summed E-state index contributed by atoms with van der Waals surface area (Å²) in [6.45, 7) is 5.94.